The van der Waals surface area contributed by atoms with E-state index in [2.05, 4.69) is 0 Å². The molecule has 0 radical (unpaired) electrons. The van der Waals surface area contributed by atoms with E-state index in [0.29, 0.717) is 26.9 Å². The molecule has 4 aromatic rings. The van der Waals surface area contributed by atoms with Crippen LogP contribution in [0.5, 0.6) is 34.5 Å². The smallest absolute Gasteiger partial charge is 0.166 e. The van der Waals surface area contributed by atoms with Gasteiger partial charge in [-0.3, -0.25) is 0 Å². The number of hydrogen-bond acceptors (Lipinski definition) is 6. The predicted octanol–water partition coefficient (Wildman–Crippen LogP) is 2.56. The molecule has 0 amide bonds. The molecule has 0 aliphatic carbocycles. The highest BCUT2D eigenvalue weighted by Crippen LogP contribution is 2.47. The van der Waals surface area contributed by atoms with Crippen LogP contribution in [0.2, 0.25) is 0 Å². The number of aromatic hydroxyl groups is 6. The van der Waals surface area contributed by atoms with Gasteiger partial charge in [0.1, 0.15) is 0 Å². The van der Waals surface area contributed by atoms with Crippen LogP contribution in [0.3, 0.4) is 0 Å². The average molecular weight is 342 g/mol. The van der Waals surface area contributed by atoms with Crippen molar-refractivity contribution in [3.63, 3.8) is 0 Å². The van der Waals surface area contributed by atoms with Gasteiger partial charge in [-0.1, -0.05) is 0 Å². The molecule has 0 heterocycles. The molecule has 8 N–H and O–H groups in total. The first-order valence-corrected chi connectivity index (χ1v) is 7.06. The van der Waals surface area contributed by atoms with Crippen molar-refractivity contribution < 1.29 is 36.1 Å². The molecule has 4 rings (SSSR count). The molecule has 7 nitrogen and oxygen atoms in total. The maximum Gasteiger partial charge on any atom is 0.166 e. The van der Waals surface area contributed by atoms with Crippen LogP contribution in [-0.2, 0) is 0 Å². The van der Waals surface area contributed by atoms with E-state index in [4.69, 9.17) is 0 Å². The van der Waals surface area contributed by atoms with E-state index in [-0.39, 0.29) is 45.4 Å². The number of benzene rings is 4. The van der Waals surface area contributed by atoms with E-state index in [0.717, 1.165) is 0 Å². The Hall–Kier alpha value is -3.58. The fourth-order valence-corrected chi connectivity index (χ4v) is 3.11. The predicted molar refractivity (Wildman–Crippen MR) is 92.6 cm³/mol. The third kappa shape index (κ3) is 2.10. The van der Waals surface area contributed by atoms with Gasteiger partial charge in [0.25, 0.3) is 0 Å². The largest absolute Gasteiger partial charge is 0.504 e. The molecule has 0 saturated heterocycles. The summed E-state index contributed by atoms with van der Waals surface area (Å²) in [6.07, 6.45) is 0. The first-order valence-electron chi connectivity index (χ1n) is 7.06. The Morgan fingerprint density at radius 1 is 0.440 bits per heavy atom. The molecule has 0 unspecified atom stereocenters. The Bertz CT molecular complexity index is 1140. The summed E-state index contributed by atoms with van der Waals surface area (Å²) >= 11 is 0. The second kappa shape index (κ2) is 5.22. The van der Waals surface area contributed by atoms with Crippen molar-refractivity contribution in [1.82, 2.24) is 0 Å². The van der Waals surface area contributed by atoms with Crippen molar-refractivity contribution in [2.45, 2.75) is 0 Å². The van der Waals surface area contributed by atoms with Crippen LogP contribution in [0.1, 0.15) is 0 Å². The van der Waals surface area contributed by atoms with Crippen LogP contribution >= 0.6 is 0 Å². The maximum atomic E-state index is 10.3. The Kier molecular flexibility index (Phi) is 3.40. The summed E-state index contributed by atoms with van der Waals surface area (Å²) in [5, 5.41) is 62.0. The zero-order valence-electron chi connectivity index (χ0n) is 12.6. The molecule has 0 bridgehead atoms. The molecular weight excluding hydrogens is 328 g/mol. The van der Waals surface area contributed by atoms with Crippen LogP contribution in [0.4, 0.5) is 0 Å². The third-order valence-electron chi connectivity index (χ3n) is 4.24. The van der Waals surface area contributed by atoms with Gasteiger partial charge in [-0.05, 0) is 63.3 Å². The Balaban J connectivity index is 0.00000182. The van der Waals surface area contributed by atoms with E-state index in [9.17, 15) is 30.6 Å². The first kappa shape index (κ1) is 16.3. The molecule has 0 aromatic heterocycles. The zero-order valence-corrected chi connectivity index (χ0v) is 12.6. The highest BCUT2D eigenvalue weighted by atomic mass is 16.3. The van der Waals surface area contributed by atoms with Gasteiger partial charge in [0.2, 0.25) is 0 Å². The van der Waals surface area contributed by atoms with Gasteiger partial charge in [-0.2, -0.15) is 0 Å². The minimum absolute atomic E-state index is 0. The summed E-state index contributed by atoms with van der Waals surface area (Å²) in [6.45, 7) is 0. The summed E-state index contributed by atoms with van der Waals surface area (Å²) in [5.41, 5.74) is 0. The highest BCUT2D eigenvalue weighted by molar-refractivity contribution is 6.28. The lowest BCUT2D eigenvalue weighted by Gasteiger charge is -2.14. The van der Waals surface area contributed by atoms with E-state index in [1.54, 1.807) is 6.07 Å². The van der Waals surface area contributed by atoms with E-state index < -0.39 is 0 Å². The minimum Gasteiger partial charge on any atom is -0.504 e. The Morgan fingerprint density at radius 2 is 0.840 bits per heavy atom. The van der Waals surface area contributed by atoms with Crippen molar-refractivity contribution in [3.05, 3.63) is 36.4 Å². The van der Waals surface area contributed by atoms with Crippen molar-refractivity contribution in [2.24, 2.45) is 0 Å². The SMILES string of the molecule is O.Oc1cc2c(cc1O)c1ccc(O)c(O)c1c1cc(O)c(O)cc21. The molecule has 7 heteroatoms. The zero-order chi connectivity index (χ0) is 17.2. The van der Waals surface area contributed by atoms with Crippen LogP contribution < -0.4 is 0 Å². The summed E-state index contributed by atoms with van der Waals surface area (Å²) in [6, 6.07) is 8.13. The standard InChI is InChI=1S/C18H12O6.H2O/c19-12-2-1-7-8-3-13(20)14(21)4-9(8)10-5-15(22)16(23)6-11(10)17(7)18(12)24;/h1-6,19-24H;1H2. The minimum atomic E-state index is -0.381. The average Bonchev–Trinajstić information content (AvgIpc) is 2.54. The number of phenolic OH excluding ortho intramolecular Hbond substituents is 6. The second-order valence-electron chi connectivity index (χ2n) is 5.63. The molecule has 0 saturated carbocycles. The number of hydrogen-bond donors (Lipinski definition) is 6. The fraction of sp³-hybridized carbons (Fsp3) is 0. The van der Waals surface area contributed by atoms with Gasteiger partial charge in [-0.15, -0.1) is 0 Å². The molecule has 25 heavy (non-hydrogen) atoms. The molecule has 0 spiro atoms. The van der Waals surface area contributed by atoms with Gasteiger partial charge >= 0.3 is 0 Å². The van der Waals surface area contributed by atoms with Gasteiger partial charge in [0.15, 0.2) is 34.5 Å². The Morgan fingerprint density at radius 3 is 1.36 bits per heavy atom. The van der Waals surface area contributed by atoms with Crippen LogP contribution in [-0.4, -0.2) is 36.1 Å². The van der Waals surface area contributed by atoms with Crippen molar-refractivity contribution in [1.29, 1.82) is 0 Å². The van der Waals surface area contributed by atoms with Crippen molar-refractivity contribution in [2.75, 3.05) is 0 Å². The number of fused-ring (bicyclic) bond motifs is 6. The number of rotatable bonds is 0. The van der Waals surface area contributed by atoms with Gasteiger partial charge in [0, 0.05) is 5.39 Å². The van der Waals surface area contributed by atoms with Crippen molar-refractivity contribution >= 4 is 32.3 Å². The second-order valence-corrected chi connectivity index (χ2v) is 5.63. The quantitative estimate of drug-likeness (QED) is 0.213. The van der Waals surface area contributed by atoms with Crippen LogP contribution in [0, 0.1) is 0 Å². The van der Waals surface area contributed by atoms with Gasteiger partial charge < -0.3 is 36.1 Å². The lowest BCUT2D eigenvalue weighted by atomic mass is 9.93. The van der Waals surface area contributed by atoms with E-state index >= 15 is 0 Å². The molecular formula is C18H14O7. The number of phenols is 6. The molecule has 128 valence electrons. The van der Waals surface area contributed by atoms with E-state index in [1.165, 1.54) is 30.3 Å². The summed E-state index contributed by atoms with van der Waals surface area (Å²) in [7, 11) is 0. The lowest BCUT2D eigenvalue weighted by Crippen LogP contribution is -1.85. The molecule has 0 fully saturated rings. The topological polar surface area (TPSA) is 153 Å². The van der Waals surface area contributed by atoms with Crippen molar-refractivity contribution in [3.8, 4) is 34.5 Å². The summed E-state index contributed by atoms with van der Waals surface area (Å²) in [4.78, 5) is 0. The molecule has 0 aliphatic rings. The highest BCUT2D eigenvalue weighted by Gasteiger charge is 2.17. The van der Waals surface area contributed by atoms with Gasteiger partial charge in [0.05, 0.1) is 0 Å². The molecule has 0 aliphatic heterocycles. The van der Waals surface area contributed by atoms with Crippen LogP contribution in [0.15, 0.2) is 36.4 Å². The summed E-state index contributed by atoms with van der Waals surface area (Å²) < 4.78 is 0. The molecule has 4 aromatic carbocycles. The lowest BCUT2D eigenvalue weighted by molar-refractivity contribution is 0.404. The maximum absolute atomic E-state index is 10.3. The molecule has 0 atom stereocenters. The first-order chi connectivity index (χ1) is 11.4. The van der Waals surface area contributed by atoms with E-state index in [1.807, 2.05) is 0 Å². The fourth-order valence-electron chi connectivity index (χ4n) is 3.11. The Labute approximate surface area is 140 Å². The third-order valence-corrected chi connectivity index (χ3v) is 4.24. The monoisotopic (exact) mass is 342 g/mol. The van der Waals surface area contributed by atoms with Gasteiger partial charge in [-0.25, -0.2) is 0 Å². The summed E-state index contributed by atoms with van der Waals surface area (Å²) in [5.74, 6) is -2.13. The normalized spacial score (nSPS) is 11.0. The van der Waals surface area contributed by atoms with Crippen LogP contribution in [0.25, 0.3) is 32.3 Å².